The standard InChI is InChI=1S/C24H21F2NO2S/c1-13-18(11-20(28)29)21(15-7-9-17(25)10-8-15)14(2)22-23-16(5-4-6-19(23)26)12-27(30-3)24(13)22/h4-10H,11-12H2,1-3H3,(H,28,29). The zero-order valence-electron chi connectivity index (χ0n) is 16.9. The molecular weight excluding hydrogens is 404 g/mol. The van der Waals surface area contributed by atoms with Gasteiger partial charge in [-0.15, -0.1) is 0 Å². The molecule has 1 heterocycles. The van der Waals surface area contributed by atoms with Gasteiger partial charge in [0, 0.05) is 17.4 Å². The van der Waals surface area contributed by atoms with Gasteiger partial charge in [-0.05, 0) is 65.4 Å². The Morgan fingerprint density at radius 1 is 1.03 bits per heavy atom. The Morgan fingerprint density at radius 3 is 2.37 bits per heavy atom. The minimum absolute atomic E-state index is 0.168. The van der Waals surface area contributed by atoms with Gasteiger partial charge in [-0.25, -0.2) is 8.78 Å². The van der Waals surface area contributed by atoms with Gasteiger partial charge in [0.05, 0.1) is 18.7 Å². The minimum Gasteiger partial charge on any atom is -0.481 e. The van der Waals surface area contributed by atoms with Gasteiger partial charge in [-0.1, -0.05) is 36.2 Å². The van der Waals surface area contributed by atoms with E-state index in [1.165, 1.54) is 30.1 Å². The predicted octanol–water partition coefficient (Wildman–Crippen LogP) is 6.14. The lowest BCUT2D eigenvalue weighted by Crippen LogP contribution is -2.23. The molecule has 0 aliphatic carbocycles. The fourth-order valence-electron chi connectivity index (χ4n) is 4.41. The summed E-state index contributed by atoms with van der Waals surface area (Å²) in [5.74, 6) is -1.61. The molecule has 1 N–H and O–H groups in total. The molecule has 154 valence electrons. The van der Waals surface area contributed by atoms with Crippen molar-refractivity contribution in [3.8, 4) is 22.3 Å². The summed E-state index contributed by atoms with van der Waals surface area (Å²) in [5.41, 5.74) is 6.78. The average molecular weight is 426 g/mol. The zero-order valence-corrected chi connectivity index (χ0v) is 17.7. The van der Waals surface area contributed by atoms with Crippen LogP contribution in [0.1, 0.15) is 22.3 Å². The fraction of sp³-hybridized carbons (Fsp3) is 0.208. The molecule has 3 aromatic rings. The first kappa shape index (κ1) is 20.4. The molecule has 0 aromatic heterocycles. The molecule has 0 saturated heterocycles. The van der Waals surface area contributed by atoms with Crippen molar-refractivity contribution in [1.29, 1.82) is 0 Å². The average Bonchev–Trinajstić information content (AvgIpc) is 2.71. The van der Waals surface area contributed by atoms with E-state index in [-0.39, 0.29) is 18.1 Å². The van der Waals surface area contributed by atoms with Crippen LogP contribution in [0.2, 0.25) is 0 Å². The molecule has 0 radical (unpaired) electrons. The third kappa shape index (κ3) is 3.25. The zero-order chi connectivity index (χ0) is 21.6. The second kappa shape index (κ2) is 7.76. The lowest BCUT2D eigenvalue weighted by atomic mass is 9.81. The summed E-state index contributed by atoms with van der Waals surface area (Å²) in [6, 6.07) is 11.1. The molecule has 0 bridgehead atoms. The highest BCUT2D eigenvalue weighted by Gasteiger charge is 2.31. The van der Waals surface area contributed by atoms with Crippen molar-refractivity contribution in [3.63, 3.8) is 0 Å². The van der Waals surface area contributed by atoms with Gasteiger partial charge in [0.1, 0.15) is 11.6 Å². The van der Waals surface area contributed by atoms with Crippen LogP contribution in [-0.2, 0) is 17.8 Å². The minimum atomic E-state index is -0.945. The van der Waals surface area contributed by atoms with Crippen LogP contribution in [0.3, 0.4) is 0 Å². The smallest absolute Gasteiger partial charge is 0.307 e. The highest BCUT2D eigenvalue weighted by atomic mass is 32.2. The van der Waals surface area contributed by atoms with E-state index in [4.69, 9.17) is 0 Å². The highest BCUT2D eigenvalue weighted by molar-refractivity contribution is 7.99. The van der Waals surface area contributed by atoms with E-state index in [0.29, 0.717) is 17.7 Å². The van der Waals surface area contributed by atoms with Crippen molar-refractivity contribution in [2.45, 2.75) is 26.8 Å². The number of hydrogen-bond acceptors (Lipinski definition) is 3. The van der Waals surface area contributed by atoms with Gasteiger partial charge in [0.2, 0.25) is 0 Å². The number of nitrogens with zero attached hydrogens (tertiary/aromatic N) is 1. The normalized spacial score (nSPS) is 12.5. The number of carboxylic acids is 1. The van der Waals surface area contributed by atoms with E-state index in [1.807, 2.05) is 26.2 Å². The Balaban J connectivity index is 2.14. The second-order valence-electron chi connectivity index (χ2n) is 7.40. The number of carbonyl (C=O) groups is 1. The molecule has 0 unspecified atom stereocenters. The van der Waals surface area contributed by atoms with E-state index >= 15 is 4.39 Å². The Hall–Kier alpha value is -2.86. The van der Waals surface area contributed by atoms with Gasteiger partial charge in [-0.2, -0.15) is 0 Å². The number of carboxylic acid groups (broad SMARTS) is 1. The van der Waals surface area contributed by atoms with Crippen LogP contribution in [0.5, 0.6) is 0 Å². The number of aliphatic carboxylic acids is 1. The van der Waals surface area contributed by atoms with Crippen molar-refractivity contribution in [2.24, 2.45) is 0 Å². The van der Waals surface area contributed by atoms with E-state index < -0.39 is 5.97 Å². The SMILES string of the molecule is CSN1Cc2cccc(F)c2-c2c(C)c(-c3ccc(F)cc3)c(CC(=O)O)c(C)c21. The van der Waals surface area contributed by atoms with Crippen LogP contribution >= 0.6 is 11.9 Å². The number of halogens is 2. The van der Waals surface area contributed by atoms with Crippen molar-refractivity contribution in [3.05, 3.63) is 76.4 Å². The number of rotatable bonds is 4. The summed E-state index contributed by atoms with van der Waals surface area (Å²) in [5, 5.41) is 9.59. The third-order valence-electron chi connectivity index (χ3n) is 5.69. The number of anilines is 1. The summed E-state index contributed by atoms with van der Waals surface area (Å²) in [6.45, 7) is 4.31. The maximum absolute atomic E-state index is 15.0. The molecule has 0 atom stereocenters. The van der Waals surface area contributed by atoms with Gasteiger partial charge in [-0.3, -0.25) is 4.79 Å². The van der Waals surface area contributed by atoms with Crippen LogP contribution in [0.25, 0.3) is 22.3 Å². The molecule has 3 nitrogen and oxygen atoms in total. The Morgan fingerprint density at radius 2 is 1.73 bits per heavy atom. The quantitative estimate of drug-likeness (QED) is 0.510. The Labute approximate surface area is 178 Å². The Bertz CT molecular complexity index is 1160. The van der Waals surface area contributed by atoms with Crippen molar-refractivity contribution < 1.29 is 18.7 Å². The van der Waals surface area contributed by atoms with Gasteiger partial charge >= 0.3 is 5.97 Å². The topological polar surface area (TPSA) is 40.5 Å². The van der Waals surface area contributed by atoms with Crippen LogP contribution < -0.4 is 4.31 Å². The molecule has 1 aliphatic heterocycles. The van der Waals surface area contributed by atoms with Crippen molar-refractivity contribution in [2.75, 3.05) is 10.6 Å². The first-order chi connectivity index (χ1) is 14.3. The molecule has 0 spiro atoms. The van der Waals surface area contributed by atoms with Crippen molar-refractivity contribution >= 4 is 23.6 Å². The lowest BCUT2D eigenvalue weighted by Gasteiger charge is -2.35. The number of benzene rings is 3. The van der Waals surface area contributed by atoms with E-state index in [2.05, 4.69) is 4.31 Å². The maximum atomic E-state index is 15.0. The van der Waals surface area contributed by atoms with E-state index in [0.717, 1.165) is 39.1 Å². The molecule has 0 saturated carbocycles. The molecule has 30 heavy (non-hydrogen) atoms. The molecule has 6 heteroatoms. The maximum Gasteiger partial charge on any atom is 0.307 e. The van der Waals surface area contributed by atoms with Crippen LogP contribution in [0.15, 0.2) is 42.5 Å². The number of hydrogen-bond donors (Lipinski definition) is 1. The van der Waals surface area contributed by atoms with E-state index in [1.54, 1.807) is 18.2 Å². The lowest BCUT2D eigenvalue weighted by molar-refractivity contribution is -0.136. The monoisotopic (exact) mass is 425 g/mol. The first-order valence-corrected chi connectivity index (χ1v) is 10.7. The number of fused-ring (bicyclic) bond motifs is 3. The van der Waals surface area contributed by atoms with Crippen LogP contribution in [0.4, 0.5) is 14.5 Å². The molecule has 3 aromatic carbocycles. The summed E-state index contributed by atoms with van der Waals surface area (Å²) in [4.78, 5) is 11.7. The summed E-state index contributed by atoms with van der Waals surface area (Å²) < 4.78 is 30.7. The summed E-state index contributed by atoms with van der Waals surface area (Å²) in [7, 11) is 0. The van der Waals surface area contributed by atoms with Gasteiger partial charge in [0.25, 0.3) is 0 Å². The molecule has 1 aliphatic rings. The van der Waals surface area contributed by atoms with Gasteiger partial charge < -0.3 is 9.41 Å². The van der Waals surface area contributed by atoms with E-state index in [9.17, 15) is 14.3 Å². The Kier molecular flexibility index (Phi) is 5.28. The molecular formula is C24H21F2NO2S. The first-order valence-electron chi connectivity index (χ1n) is 9.56. The molecule has 4 rings (SSSR count). The largest absolute Gasteiger partial charge is 0.481 e. The predicted molar refractivity (Wildman–Crippen MR) is 118 cm³/mol. The fourth-order valence-corrected chi connectivity index (χ4v) is 5.09. The van der Waals surface area contributed by atoms with Crippen LogP contribution in [-0.4, -0.2) is 17.3 Å². The summed E-state index contributed by atoms with van der Waals surface area (Å²) >= 11 is 1.53. The molecule has 0 amide bonds. The third-order valence-corrected chi connectivity index (χ3v) is 6.44. The van der Waals surface area contributed by atoms with Gasteiger partial charge in [0.15, 0.2) is 0 Å². The van der Waals surface area contributed by atoms with Crippen molar-refractivity contribution in [1.82, 2.24) is 0 Å². The van der Waals surface area contributed by atoms with Crippen LogP contribution in [0, 0.1) is 25.5 Å². The second-order valence-corrected chi connectivity index (χ2v) is 8.20. The molecule has 0 fully saturated rings. The summed E-state index contributed by atoms with van der Waals surface area (Å²) in [6.07, 6.45) is 1.78. The highest BCUT2D eigenvalue weighted by Crippen LogP contribution is 2.50.